The fourth-order valence-corrected chi connectivity index (χ4v) is 6.09. The van der Waals surface area contributed by atoms with Crippen LogP contribution in [0.15, 0.2) is 24.4 Å². The zero-order chi connectivity index (χ0) is 24.9. The fourth-order valence-electron chi connectivity index (χ4n) is 6.09. The lowest BCUT2D eigenvalue weighted by Gasteiger charge is -2.41. The topological polar surface area (TPSA) is 122 Å². The quantitative estimate of drug-likeness (QED) is 0.530. The Kier molecular flexibility index (Phi) is 5.80. The van der Waals surface area contributed by atoms with E-state index in [2.05, 4.69) is 33.0 Å². The van der Waals surface area contributed by atoms with Gasteiger partial charge in [-0.1, -0.05) is 12.1 Å². The number of rotatable bonds is 4. The molecule has 3 aliphatic rings. The largest absolute Gasteiger partial charge is 0.469 e. The summed E-state index contributed by atoms with van der Waals surface area (Å²) in [5.74, 6) is 1.39. The molecule has 190 valence electrons. The third kappa shape index (κ3) is 3.79. The number of aromatic nitrogens is 4. The molecular formula is C26H33N7O3. The summed E-state index contributed by atoms with van der Waals surface area (Å²) in [6.45, 7) is 5.41. The summed E-state index contributed by atoms with van der Waals surface area (Å²) in [5.41, 5.74) is 11.2. The SMILES string of the molecule is COC(=O)Cc1cccc2c1CCCN2c1n[nH]c2nc(N3CCC4(CC3)CO[C@@H](C)[C@H]4N)cnc12. The second-order valence-electron chi connectivity index (χ2n) is 10.3. The van der Waals surface area contributed by atoms with Gasteiger partial charge in [0.15, 0.2) is 17.0 Å². The lowest BCUT2D eigenvalue weighted by Crippen LogP contribution is -2.50. The van der Waals surface area contributed by atoms with E-state index < -0.39 is 0 Å². The van der Waals surface area contributed by atoms with Crippen LogP contribution in [0.1, 0.15) is 37.3 Å². The van der Waals surface area contributed by atoms with Gasteiger partial charge in [-0.15, -0.1) is 0 Å². The molecule has 10 heteroatoms. The van der Waals surface area contributed by atoms with Crippen LogP contribution in [0.3, 0.4) is 0 Å². The van der Waals surface area contributed by atoms with E-state index in [4.69, 9.17) is 25.2 Å². The van der Waals surface area contributed by atoms with Gasteiger partial charge in [0.2, 0.25) is 0 Å². The van der Waals surface area contributed by atoms with Gasteiger partial charge in [-0.05, 0) is 49.8 Å². The maximum absolute atomic E-state index is 11.9. The van der Waals surface area contributed by atoms with Crippen LogP contribution in [0, 0.1) is 5.41 Å². The van der Waals surface area contributed by atoms with Gasteiger partial charge in [0.05, 0.1) is 32.4 Å². The van der Waals surface area contributed by atoms with Crippen LogP contribution >= 0.6 is 0 Å². The van der Waals surface area contributed by atoms with Gasteiger partial charge >= 0.3 is 5.97 Å². The summed E-state index contributed by atoms with van der Waals surface area (Å²) >= 11 is 0. The number of fused-ring (bicyclic) bond motifs is 2. The number of H-pyrrole nitrogens is 1. The molecule has 36 heavy (non-hydrogen) atoms. The Morgan fingerprint density at radius 2 is 2.14 bits per heavy atom. The van der Waals surface area contributed by atoms with Gasteiger partial charge in [-0.25, -0.2) is 9.97 Å². The molecule has 2 saturated heterocycles. The molecule has 2 aromatic heterocycles. The summed E-state index contributed by atoms with van der Waals surface area (Å²) in [6.07, 6.45) is 6.10. The van der Waals surface area contributed by atoms with Crippen LogP contribution in [-0.4, -0.2) is 71.6 Å². The number of carbonyl (C=O) groups excluding carboxylic acids is 1. The van der Waals surface area contributed by atoms with E-state index in [0.717, 1.165) is 80.3 Å². The normalized spacial score (nSPS) is 23.3. The summed E-state index contributed by atoms with van der Waals surface area (Å²) in [7, 11) is 1.42. The van der Waals surface area contributed by atoms with E-state index >= 15 is 0 Å². The van der Waals surface area contributed by atoms with E-state index in [0.29, 0.717) is 5.65 Å². The van der Waals surface area contributed by atoms with Crippen LogP contribution in [-0.2, 0) is 27.1 Å². The molecule has 0 saturated carbocycles. The molecule has 3 N–H and O–H groups in total. The van der Waals surface area contributed by atoms with Crippen molar-refractivity contribution < 1.29 is 14.3 Å². The lowest BCUT2D eigenvalue weighted by molar-refractivity contribution is -0.139. The average molecular weight is 492 g/mol. The molecule has 2 fully saturated rings. The second-order valence-corrected chi connectivity index (χ2v) is 10.3. The smallest absolute Gasteiger partial charge is 0.309 e. The number of nitrogens with zero attached hydrogens (tertiary/aromatic N) is 5. The molecule has 10 nitrogen and oxygen atoms in total. The zero-order valence-corrected chi connectivity index (χ0v) is 20.9. The van der Waals surface area contributed by atoms with E-state index in [-0.39, 0.29) is 30.0 Å². The lowest BCUT2D eigenvalue weighted by atomic mass is 9.73. The van der Waals surface area contributed by atoms with Crippen molar-refractivity contribution in [3.05, 3.63) is 35.5 Å². The van der Waals surface area contributed by atoms with E-state index in [1.54, 1.807) is 0 Å². The molecule has 5 heterocycles. The Bertz CT molecular complexity index is 1280. The first-order valence-corrected chi connectivity index (χ1v) is 12.8. The molecule has 2 atom stereocenters. The Labute approximate surface area is 210 Å². The number of hydrogen-bond donors (Lipinski definition) is 2. The molecule has 3 aliphatic heterocycles. The van der Waals surface area contributed by atoms with Crippen molar-refractivity contribution >= 4 is 34.5 Å². The van der Waals surface area contributed by atoms with Gasteiger partial charge in [-0.3, -0.25) is 9.89 Å². The number of hydrogen-bond acceptors (Lipinski definition) is 9. The van der Waals surface area contributed by atoms with Crippen LogP contribution in [0.5, 0.6) is 0 Å². The number of aromatic amines is 1. The number of nitrogens with one attached hydrogen (secondary N) is 1. The monoisotopic (exact) mass is 491 g/mol. The maximum Gasteiger partial charge on any atom is 0.309 e. The van der Waals surface area contributed by atoms with Crippen LogP contribution < -0.4 is 15.5 Å². The highest BCUT2D eigenvalue weighted by atomic mass is 16.5. The first-order chi connectivity index (χ1) is 17.5. The summed E-state index contributed by atoms with van der Waals surface area (Å²) in [4.78, 5) is 26.1. The highest BCUT2D eigenvalue weighted by Gasteiger charge is 2.47. The van der Waals surface area contributed by atoms with E-state index in [1.165, 1.54) is 12.7 Å². The minimum atomic E-state index is -0.232. The second kappa shape index (κ2) is 9.01. The molecule has 0 unspecified atom stereocenters. The molecule has 0 amide bonds. The third-order valence-electron chi connectivity index (χ3n) is 8.33. The number of esters is 1. The molecule has 3 aromatic rings. The van der Waals surface area contributed by atoms with Gasteiger partial charge in [-0.2, -0.15) is 5.10 Å². The van der Waals surface area contributed by atoms with Gasteiger partial charge in [0, 0.05) is 36.8 Å². The standard InChI is InChI=1S/C26H33N7O3/c1-16-23(27)26(15-36-16)8-11-32(12-9-26)20-14-28-22-24(29-20)30-31-25(22)33-10-4-6-18-17(13-21(34)35-2)5-3-7-19(18)33/h3,5,7,14,16,23H,4,6,8-13,15,27H2,1-2H3,(H,29,30,31)/t16-,23+/m0/s1. The highest BCUT2D eigenvalue weighted by molar-refractivity contribution is 5.88. The van der Waals surface area contributed by atoms with Crippen LogP contribution in [0.2, 0.25) is 0 Å². The van der Waals surface area contributed by atoms with Crippen molar-refractivity contribution in [3.63, 3.8) is 0 Å². The van der Waals surface area contributed by atoms with Gasteiger partial charge in [0.1, 0.15) is 5.82 Å². The molecule has 6 rings (SSSR count). The Hall–Kier alpha value is -3.24. The zero-order valence-electron chi connectivity index (χ0n) is 20.9. The molecule has 0 bridgehead atoms. The minimum Gasteiger partial charge on any atom is -0.469 e. The van der Waals surface area contributed by atoms with E-state index in [1.807, 2.05) is 18.3 Å². The number of nitrogens with two attached hydrogens (primary N) is 1. The number of piperidine rings is 1. The predicted molar refractivity (Wildman–Crippen MR) is 136 cm³/mol. The van der Waals surface area contributed by atoms with Crippen molar-refractivity contribution in [2.75, 3.05) is 43.2 Å². The molecular weight excluding hydrogens is 458 g/mol. The van der Waals surface area contributed by atoms with E-state index in [9.17, 15) is 4.79 Å². The molecule has 1 spiro atoms. The summed E-state index contributed by atoms with van der Waals surface area (Å²) in [6, 6.07) is 6.16. The minimum absolute atomic E-state index is 0.0724. The molecule has 0 radical (unpaired) electrons. The maximum atomic E-state index is 11.9. The van der Waals surface area contributed by atoms with Gasteiger partial charge in [0.25, 0.3) is 0 Å². The van der Waals surface area contributed by atoms with Crippen LogP contribution in [0.4, 0.5) is 17.3 Å². The predicted octanol–water partition coefficient (Wildman–Crippen LogP) is 2.49. The number of ether oxygens (including phenoxy) is 2. The number of anilines is 3. The molecule has 1 aromatic carbocycles. The van der Waals surface area contributed by atoms with Crippen molar-refractivity contribution in [2.45, 2.75) is 51.2 Å². The first kappa shape index (κ1) is 23.2. The van der Waals surface area contributed by atoms with Crippen molar-refractivity contribution in [1.82, 2.24) is 20.2 Å². The average Bonchev–Trinajstić information content (AvgIpc) is 3.45. The number of carbonyl (C=O) groups is 1. The summed E-state index contributed by atoms with van der Waals surface area (Å²) in [5, 5.41) is 7.73. The third-order valence-corrected chi connectivity index (χ3v) is 8.33. The van der Waals surface area contributed by atoms with Crippen molar-refractivity contribution in [2.24, 2.45) is 11.1 Å². The Morgan fingerprint density at radius 1 is 1.31 bits per heavy atom. The van der Waals surface area contributed by atoms with Crippen LogP contribution in [0.25, 0.3) is 11.2 Å². The summed E-state index contributed by atoms with van der Waals surface area (Å²) < 4.78 is 10.8. The highest BCUT2D eigenvalue weighted by Crippen LogP contribution is 2.42. The van der Waals surface area contributed by atoms with Gasteiger partial charge < -0.3 is 25.0 Å². The number of methoxy groups -OCH3 is 1. The molecule has 0 aliphatic carbocycles. The van der Waals surface area contributed by atoms with Crippen molar-refractivity contribution in [3.8, 4) is 0 Å². The Balaban J connectivity index is 1.24. The fraction of sp³-hybridized carbons (Fsp3) is 0.538. The Morgan fingerprint density at radius 3 is 2.89 bits per heavy atom. The van der Waals surface area contributed by atoms with Crippen molar-refractivity contribution in [1.29, 1.82) is 0 Å². The number of benzene rings is 1. The first-order valence-electron chi connectivity index (χ1n) is 12.8.